The Morgan fingerprint density at radius 3 is 2.44 bits per heavy atom. The predicted octanol–water partition coefficient (Wildman–Crippen LogP) is 5.34. The number of anilines is 3. The lowest BCUT2D eigenvalue weighted by Gasteiger charge is -2.13. The van der Waals surface area contributed by atoms with Crippen LogP contribution < -0.4 is 10.6 Å². The van der Waals surface area contributed by atoms with Gasteiger partial charge in [0.1, 0.15) is 5.00 Å². The first-order valence-corrected chi connectivity index (χ1v) is 12.1. The summed E-state index contributed by atoms with van der Waals surface area (Å²) in [5, 5.41) is 6.40. The number of carbonyl (C=O) groups is 3. The molecule has 1 aromatic heterocycles. The highest BCUT2D eigenvalue weighted by Crippen LogP contribution is 2.38. The van der Waals surface area contributed by atoms with Gasteiger partial charge in [-0.25, -0.2) is 9.59 Å². The maximum atomic E-state index is 12.7. The van der Waals surface area contributed by atoms with Crippen LogP contribution in [-0.2, 0) is 27.1 Å². The molecule has 0 atom stereocenters. The number of benzene rings is 2. The van der Waals surface area contributed by atoms with Crippen molar-refractivity contribution in [2.24, 2.45) is 0 Å². The van der Waals surface area contributed by atoms with E-state index in [1.807, 2.05) is 36.4 Å². The van der Waals surface area contributed by atoms with E-state index in [1.165, 1.54) is 11.3 Å². The van der Waals surface area contributed by atoms with Crippen molar-refractivity contribution in [2.75, 3.05) is 23.8 Å². The fourth-order valence-corrected chi connectivity index (χ4v) is 5.19. The molecule has 7 nitrogen and oxygen atoms in total. The second kappa shape index (κ2) is 11.0. The van der Waals surface area contributed by atoms with Gasteiger partial charge >= 0.3 is 11.9 Å². The number of thiophene rings is 1. The van der Waals surface area contributed by atoms with E-state index in [-0.39, 0.29) is 6.61 Å². The van der Waals surface area contributed by atoms with Gasteiger partial charge in [0.05, 0.1) is 23.4 Å². The Morgan fingerprint density at radius 1 is 0.912 bits per heavy atom. The van der Waals surface area contributed by atoms with E-state index in [4.69, 9.17) is 9.47 Å². The van der Waals surface area contributed by atoms with Crippen LogP contribution in [-0.4, -0.2) is 31.1 Å². The van der Waals surface area contributed by atoms with Crippen LogP contribution >= 0.6 is 11.3 Å². The zero-order chi connectivity index (χ0) is 23.9. The third kappa shape index (κ3) is 5.46. The molecular formula is C26H26N2O5S. The zero-order valence-electron chi connectivity index (χ0n) is 18.9. The number of nitrogens with one attached hydrogen (secondary N) is 2. The number of ether oxygens (including phenoxy) is 2. The predicted molar refractivity (Wildman–Crippen MR) is 132 cm³/mol. The Hall–Kier alpha value is -3.65. The fourth-order valence-electron chi connectivity index (χ4n) is 3.89. The van der Waals surface area contributed by atoms with Crippen molar-refractivity contribution in [1.82, 2.24) is 0 Å². The Labute approximate surface area is 202 Å². The summed E-state index contributed by atoms with van der Waals surface area (Å²) in [6, 6.07) is 16.4. The minimum Gasteiger partial charge on any atom is -0.462 e. The molecule has 176 valence electrons. The van der Waals surface area contributed by atoms with Crippen LogP contribution in [0.25, 0.3) is 0 Å². The first kappa shape index (κ1) is 23.5. The van der Waals surface area contributed by atoms with Crippen LogP contribution in [0.15, 0.2) is 54.6 Å². The standard InChI is InChI=1S/C26H26N2O5S/c1-2-32-26(31)23-19-13-7-9-15-21(19)34-24(23)28-22(29)16-33-25(30)18-12-6-8-14-20(18)27-17-10-4-3-5-11-17/h3-6,8,10-12,14,27H,2,7,9,13,15-16H2,1H3,(H,28,29). The summed E-state index contributed by atoms with van der Waals surface area (Å²) in [5.74, 6) is -1.56. The third-order valence-corrected chi connectivity index (χ3v) is 6.65. The van der Waals surface area contributed by atoms with Gasteiger partial charge in [0, 0.05) is 10.6 Å². The van der Waals surface area contributed by atoms with E-state index >= 15 is 0 Å². The van der Waals surface area contributed by atoms with Crippen LogP contribution in [0, 0.1) is 0 Å². The number of hydrogen-bond donors (Lipinski definition) is 2. The molecule has 8 heteroatoms. The van der Waals surface area contributed by atoms with Gasteiger partial charge in [0.2, 0.25) is 0 Å². The van der Waals surface area contributed by atoms with Crippen molar-refractivity contribution in [3.8, 4) is 0 Å². The molecular weight excluding hydrogens is 452 g/mol. The number of esters is 2. The normalized spacial score (nSPS) is 12.4. The highest BCUT2D eigenvalue weighted by atomic mass is 32.1. The third-order valence-electron chi connectivity index (χ3n) is 5.44. The zero-order valence-corrected chi connectivity index (χ0v) is 19.7. The SMILES string of the molecule is CCOC(=O)c1c(NC(=O)COC(=O)c2ccccc2Nc2ccccc2)sc2c1CCCC2. The number of hydrogen-bond acceptors (Lipinski definition) is 7. The molecule has 0 fully saturated rings. The Bertz CT molecular complexity index is 1190. The summed E-state index contributed by atoms with van der Waals surface area (Å²) in [6.45, 7) is 1.53. The summed E-state index contributed by atoms with van der Waals surface area (Å²) in [4.78, 5) is 39.0. The van der Waals surface area contributed by atoms with Gasteiger partial charge in [0.25, 0.3) is 5.91 Å². The maximum absolute atomic E-state index is 12.7. The molecule has 2 aromatic carbocycles. The van der Waals surface area contributed by atoms with Crippen molar-refractivity contribution < 1.29 is 23.9 Å². The summed E-state index contributed by atoms with van der Waals surface area (Å²) in [5.41, 5.74) is 3.11. The molecule has 1 heterocycles. The molecule has 3 aromatic rings. The Morgan fingerprint density at radius 2 is 1.65 bits per heavy atom. The van der Waals surface area contributed by atoms with Crippen molar-refractivity contribution in [3.63, 3.8) is 0 Å². The average molecular weight is 479 g/mol. The van der Waals surface area contributed by atoms with Crippen molar-refractivity contribution in [1.29, 1.82) is 0 Å². The molecule has 1 amide bonds. The number of fused-ring (bicyclic) bond motifs is 1. The van der Waals surface area contributed by atoms with Crippen molar-refractivity contribution >= 4 is 45.6 Å². The van der Waals surface area contributed by atoms with E-state index in [0.717, 1.165) is 41.8 Å². The van der Waals surface area contributed by atoms with E-state index in [1.54, 1.807) is 25.1 Å². The summed E-state index contributed by atoms with van der Waals surface area (Å²) in [7, 11) is 0. The van der Waals surface area contributed by atoms with E-state index in [0.29, 0.717) is 21.8 Å². The van der Waals surface area contributed by atoms with E-state index < -0.39 is 24.5 Å². The Kier molecular flexibility index (Phi) is 7.59. The first-order valence-electron chi connectivity index (χ1n) is 11.3. The number of para-hydroxylation sites is 2. The molecule has 0 aliphatic heterocycles. The minimum absolute atomic E-state index is 0.255. The van der Waals surface area contributed by atoms with Crippen LogP contribution in [0.1, 0.15) is 50.9 Å². The number of amides is 1. The molecule has 0 bridgehead atoms. The highest BCUT2D eigenvalue weighted by Gasteiger charge is 2.27. The van der Waals surface area contributed by atoms with Crippen molar-refractivity contribution in [3.05, 3.63) is 76.2 Å². The maximum Gasteiger partial charge on any atom is 0.341 e. The summed E-state index contributed by atoms with van der Waals surface area (Å²) in [6.07, 6.45) is 3.72. The van der Waals surface area contributed by atoms with Gasteiger partial charge in [-0.3, -0.25) is 4.79 Å². The van der Waals surface area contributed by atoms with Crippen LogP contribution in [0.3, 0.4) is 0 Å². The lowest BCUT2D eigenvalue weighted by molar-refractivity contribution is -0.119. The second-order valence-corrected chi connectivity index (χ2v) is 8.90. The van der Waals surface area contributed by atoms with Gasteiger partial charge in [-0.05, 0) is 62.4 Å². The quantitative estimate of drug-likeness (QED) is 0.424. The van der Waals surface area contributed by atoms with Crippen LogP contribution in [0.4, 0.5) is 16.4 Å². The molecule has 1 aliphatic carbocycles. The smallest absolute Gasteiger partial charge is 0.341 e. The van der Waals surface area contributed by atoms with Crippen LogP contribution in [0.5, 0.6) is 0 Å². The molecule has 0 saturated carbocycles. The minimum atomic E-state index is -0.620. The summed E-state index contributed by atoms with van der Waals surface area (Å²) >= 11 is 1.40. The van der Waals surface area contributed by atoms with Crippen LogP contribution in [0.2, 0.25) is 0 Å². The monoisotopic (exact) mass is 478 g/mol. The van der Waals surface area contributed by atoms with Gasteiger partial charge in [-0.1, -0.05) is 30.3 Å². The first-order chi connectivity index (χ1) is 16.6. The molecule has 1 aliphatic rings. The molecule has 2 N–H and O–H groups in total. The molecule has 0 unspecified atom stereocenters. The van der Waals surface area contributed by atoms with Gasteiger partial charge in [-0.15, -0.1) is 11.3 Å². The average Bonchev–Trinajstić information content (AvgIpc) is 3.21. The molecule has 0 saturated heterocycles. The molecule has 34 heavy (non-hydrogen) atoms. The Balaban J connectivity index is 1.43. The lowest BCUT2D eigenvalue weighted by atomic mass is 9.95. The topological polar surface area (TPSA) is 93.7 Å². The number of aryl methyl sites for hydroxylation is 1. The van der Waals surface area contributed by atoms with E-state index in [2.05, 4.69) is 10.6 Å². The van der Waals surface area contributed by atoms with Crippen molar-refractivity contribution in [2.45, 2.75) is 32.6 Å². The lowest BCUT2D eigenvalue weighted by Crippen LogP contribution is -2.22. The number of rotatable bonds is 8. The van der Waals surface area contributed by atoms with E-state index in [9.17, 15) is 14.4 Å². The second-order valence-electron chi connectivity index (χ2n) is 7.80. The molecule has 0 spiro atoms. The molecule has 4 rings (SSSR count). The molecule has 0 radical (unpaired) electrons. The van der Waals surface area contributed by atoms with Gasteiger partial charge < -0.3 is 20.1 Å². The highest BCUT2D eigenvalue weighted by molar-refractivity contribution is 7.17. The van der Waals surface area contributed by atoms with Gasteiger partial charge in [-0.2, -0.15) is 0 Å². The van der Waals surface area contributed by atoms with Gasteiger partial charge in [0.15, 0.2) is 6.61 Å². The number of carbonyl (C=O) groups excluding carboxylic acids is 3. The summed E-state index contributed by atoms with van der Waals surface area (Å²) < 4.78 is 10.5. The largest absolute Gasteiger partial charge is 0.462 e. The fraction of sp³-hybridized carbons (Fsp3) is 0.269.